The van der Waals surface area contributed by atoms with Gasteiger partial charge in [0.2, 0.25) is 0 Å². The van der Waals surface area contributed by atoms with Gasteiger partial charge in [-0.15, -0.1) is 11.3 Å². The van der Waals surface area contributed by atoms with E-state index in [0.717, 1.165) is 0 Å². The highest BCUT2D eigenvalue weighted by Crippen LogP contribution is 2.53. The minimum absolute atomic E-state index is 0.279. The summed E-state index contributed by atoms with van der Waals surface area (Å²) in [5.74, 6) is 0.279. The lowest BCUT2D eigenvalue weighted by Gasteiger charge is -2.15. The number of thiophene rings is 1. The van der Waals surface area contributed by atoms with Crippen molar-refractivity contribution in [1.82, 2.24) is 0 Å². The summed E-state index contributed by atoms with van der Waals surface area (Å²) in [4.78, 5) is 0. The van der Waals surface area contributed by atoms with E-state index in [4.69, 9.17) is 5.73 Å². The average Bonchev–Trinajstić information content (AvgIpc) is 3.29. The fourth-order valence-electron chi connectivity index (χ4n) is 4.71. The van der Waals surface area contributed by atoms with Crippen molar-refractivity contribution >= 4 is 31.5 Å². The summed E-state index contributed by atoms with van der Waals surface area (Å²) in [6, 6.07) is 31.1. The van der Waals surface area contributed by atoms with Crippen LogP contribution in [0.2, 0.25) is 0 Å². The molecular formula is C26H19NS. The van der Waals surface area contributed by atoms with Crippen molar-refractivity contribution in [3.63, 3.8) is 0 Å². The average molecular weight is 378 g/mol. The molecule has 5 aromatic rings. The SMILES string of the molecule is NCc1ccc(C2c3ccccc3-c3c2ccc2sc4ccccc4c32)cc1. The molecule has 0 radical (unpaired) electrons. The Morgan fingerprint density at radius 1 is 0.714 bits per heavy atom. The molecular weight excluding hydrogens is 358 g/mol. The first-order chi connectivity index (χ1) is 13.8. The highest BCUT2D eigenvalue weighted by atomic mass is 32.1. The molecule has 1 aliphatic carbocycles. The lowest BCUT2D eigenvalue weighted by molar-refractivity contribution is 1.00. The minimum atomic E-state index is 0.279. The number of fused-ring (bicyclic) bond motifs is 7. The molecule has 1 nitrogen and oxygen atoms in total. The van der Waals surface area contributed by atoms with Crippen LogP contribution in [0, 0.1) is 0 Å². The number of rotatable bonds is 2. The van der Waals surface area contributed by atoms with Gasteiger partial charge in [0, 0.05) is 32.6 Å². The summed E-state index contributed by atoms with van der Waals surface area (Å²) in [6.07, 6.45) is 0. The van der Waals surface area contributed by atoms with Gasteiger partial charge in [0.25, 0.3) is 0 Å². The van der Waals surface area contributed by atoms with Gasteiger partial charge in [0.15, 0.2) is 0 Å². The molecule has 0 amide bonds. The number of hydrogen-bond donors (Lipinski definition) is 1. The molecule has 6 rings (SSSR count). The van der Waals surface area contributed by atoms with Crippen LogP contribution in [0.15, 0.2) is 84.9 Å². The van der Waals surface area contributed by atoms with E-state index in [2.05, 4.69) is 84.9 Å². The first-order valence-corrected chi connectivity index (χ1v) is 10.5. The van der Waals surface area contributed by atoms with Gasteiger partial charge in [-0.2, -0.15) is 0 Å². The van der Waals surface area contributed by atoms with Crippen LogP contribution in [-0.4, -0.2) is 0 Å². The Morgan fingerprint density at radius 3 is 2.36 bits per heavy atom. The van der Waals surface area contributed by atoms with Gasteiger partial charge in [-0.25, -0.2) is 0 Å². The van der Waals surface area contributed by atoms with Crippen LogP contribution < -0.4 is 5.73 Å². The third-order valence-corrected chi connectivity index (χ3v) is 7.11. The molecule has 0 spiro atoms. The molecule has 1 unspecified atom stereocenters. The van der Waals surface area contributed by atoms with Gasteiger partial charge in [-0.3, -0.25) is 0 Å². The van der Waals surface area contributed by atoms with E-state index >= 15 is 0 Å². The maximum absolute atomic E-state index is 5.81. The van der Waals surface area contributed by atoms with E-state index in [0.29, 0.717) is 6.54 Å². The van der Waals surface area contributed by atoms with Crippen molar-refractivity contribution in [3.8, 4) is 11.1 Å². The van der Waals surface area contributed by atoms with E-state index in [1.165, 1.54) is 53.6 Å². The van der Waals surface area contributed by atoms with E-state index in [1.807, 2.05) is 11.3 Å². The van der Waals surface area contributed by atoms with Crippen molar-refractivity contribution < 1.29 is 0 Å². The van der Waals surface area contributed by atoms with Crippen molar-refractivity contribution in [2.45, 2.75) is 12.5 Å². The van der Waals surface area contributed by atoms with Gasteiger partial charge >= 0.3 is 0 Å². The molecule has 0 aliphatic heterocycles. The van der Waals surface area contributed by atoms with Crippen LogP contribution in [0.5, 0.6) is 0 Å². The van der Waals surface area contributed by atoms with Gasteiger partial charge < -0.3 is 5.73 Å². The molecule has 2 N–H and O–H groups in total. The summed E-state index contributed by atoms with van der Waals surface area (Å²) in [5.41, 5.74) is 13.9. The maximum atomic E-state index is 5.81. The van der Waals surface area contributed by atoms with Crippen LogP contribution in [-0.2, 0) is 6.54 Å². The third-order valence-electron chi connectivity index (χ3n) is 5.98. The van der Waals surface area contributed by atoms with E-state index in [9.17, 15) is 0 Å². The second-order valence-electron chi connectivity index (χ2n) is 7.47. The van der Waals surface area contributed by atoms with Gasteiger partial charge in [0.05, 0.1) is 0 Å². The second-order valence-corrected chi connectivity index (χ2v) is 8.55. The molecule has 0 saturated carbocycles. The van der Waals surface area contributed by atoms with Crippen molar-refractivity contribution in [2.24, 2.45) is 5.73 Å². The maximum Gasteiger partial charge on any atom is 0.0361 e. The predicted octanol–water partition coefficient (Wildman–Crippen LogP) is 6.67. The Morgan fingerprint density at radius 2 is 1.50 bits per heavy atom. The van der Waals surface area contributed by atoms with Crippen LogP contribution in [0.4, 0.5) is 0 Å². The molecule has 0 bridgehead atoms. The highest BCUT2D eigenvalue weighted by molar-refractivity contribution is 7.25. The summed E-state index contributed by atoms with van der Waals surface area (Å²) in [7, 11) is 0. The molecule has 0 saturated heterocycles. The Bertz CT molecular complexity index is 1340. The van der Waals surface area contributed by atoms with E-state index in [-0.39, 0.29) is 5.92 Å². The van der Waals surface area contributed by atoms with Crippen LogP contribution in [0.3, 0.4) is 0 Å². The first-order valence-electron chi connectivity index (χ1n) is 9.67. The minimum Gasteiger partial charge on any atom is -0.326 e. The summed E-state index contributed by atoms with van der Waals surface area (Å²) < 4.78 is 2.73. The third kappa shape index (κ3) is 2.16. The molecule has 1 aliphatic rings. The number of nitrogens with two attached hydrogens (primary N) is 1. The van der Waals surface area contributed by atoms with Crippen molar-refractivity contribution in [2.75, 3.05) is 0 Å². The molecule has 0 fully saturated rings. The quantitative estimate of drug-likeness (QED) is 0.358. The standard InChI is InChI=1S/C26H19NS/c27-15-16-9-11-17(12-10-16)24-18-5-1-2-6-19(18)25-21(24)13-14-23-26(25)20-7-3-4-8-22(20)28-23/h1-14,24H,15,27H2. The molecule has 1 aromatic heterocycles. The first kappa shape index (κ1) is 16.1. The Hall–Kier alpha value is -2.94. The van der Waals surface area contributed by atoms with Gasteiger partial charge in [0.1, 0.15) is 0 Å². The zero-order chi connectivity index (χ0) is 18.7. The molecule has 1 heterocycles. The molecule has 28 heavy (non-hydrogen) atoms. The van der Waals surface area contributed by atoms with Crippen molar-refractivity contribution in [1.29, 1.82) is 0 Å². The Kier molecular flexibility index (Phi) is 3.46. The largest absolute Gasteiger partial charge is 0.326 e. The van der Waals surface area contributed by atoms with E-state index in [1.54, 1.807) is 0 Å². The number of benzene rings is 4. The number of hydrogen-bond acceptors (Lipinski definition) is 2. The normalized spacial score (nSPS) is 15.1. The zero-order valence-electron chi connectivity index (χ0n) is 15.4. The van der Waals surface area contributed by atoms with Crippen LogP contribution in [0.25, 0.3) is 31.3 Å². The lowest BCUT2D eigenvalue weighted by atomic mass is 9.88. The summed E-state index contributed by atoms with van der Waals surface area (Å²) in [5, 5.41) is 2.78. The molecule has 1 atom stereocenters. The second kappa shape index (κ2) is 6.03. The Labute approximate surface area is 168 Å². The Balaban J connectivity index is 1.70. The van der Waals surface area contributed by atoms with Crippen LogP contribution in [0.1, 0.15) is 28.2 Å². The zero-order valence-corrected chi connectivity index (χ0v) is 16.2. The fourth-order valence-corrected chi connectivity index (χ4v) is 5.83. The fraction of sp³-hybridized carbons (Fsp3) is 0.0769. The molecule has 2 heteroatoms. The highest BCUT2D eigenvalue weighted by Gasteiger charge is 2.31. The predicted molar refractivity (Wildman–Crippen MR) is 120 cm³/mol. The molecule has 134 valence electrons. The van der Waals surface area contributed by atoms with E-state index < -0.39 is 0 Å². The van der Waals surface area contributed by atoms with Gasteiger partial charge in [-0.05, 0) is 45.5 Å². The summed E-state index contributed by atoms with van der Waals surface area (Å²) in [6.45, 7) is 0.583. The van der Waals surface area contributed by atoms with Crippen molar-refractivity contribution in [3.05, 3.63) is 107 Å². The summed E-state index contributed by atoms with van der Waals surface area (Å²) >= 11 is 1.89. The molecule has 4 aromatic carbocycles. The smallest absolute Gasteiger partial charge is 0.0361 e. The van der Waals surface area contributed by atoms with Gasteiger partial charge in [-0.1, -0.05) is 72.8 Å². The topological polar surface area (TPSA) is 26.0 Å². The monoisotopic (exact) mass is 377 g/mol. The van der Waals surface area contributed by atoms with Crippen LogP contribution >= 0.6 is 11.3 Å². The lowest BCUT2D eigenvalue weighted by Crippen LogP contribution is -2.01.